The van der Waals surface area contributed by atoms with Gasteiger partial charge in [0, 0.05) is 16.2 Å². The van der Waals surface area contributed by atoms with E-state index < -0.39 is 5.97 Å². The molecule has 0 radical (unpaired) electrons. The predicted octanol–water partition coefficient (Wildman–Crippen LogP) is 3.44. The molecule has 0 fully saturated rings. The molecular formula is C17H13BrN4O4. The molecular weight excluding hydrogens is 404 g/mol. The third-order valence-corrected chi connectivity index (χ3v) is 4.62. The van der Waals surface area contributed by atoms with Crippen LogP contribution in [0.1, 0.15) is 21.7 Å². The van der Waals surface area contributed by atoms with E-state index in [1.54, 1.807) is 13.3 Å². The Hall–Kier alpha value is -2.94. The van der Waals surface area contributed by atoms with Gasteiger partial charge in [-0.1, -0.05) is 21.1 Å². The van der Waals surface area contributed by atoms with Crippen molar-refractivity contribution in [3.8, 4) is 17.1 Å². The Bertz CT molecular complexity index is 1020. The number of nitrogens with zero attached hydrogens (tertiary/aromatic N) is 3. The molecule has 2 heterocycles. The van der Waals surface area contributed by atoms with Crippen molar-refractivity contribution in [2.75, 3.05) is 12.4 Å². The first-order chi connectivity index (χ1) is 12.6. The Morgan fingerprint density at radius 1 is 1.35 bits per heavy atom. The number of halogens is 1. The molecule has 0 bridgehead atoms. The highest BCUT2D eigenvalue weighted by Crippen LogP contribution is 2.35. The number of aromatic nitrogens is 3. The van der Waals surface area contributed by atoms with E-state index >= 15 is 0 Å². The molecule has 0 unspecified atom stereocenters. The Balaban J connectivity index is 1.72. The second-order valence-corrected chi connectivity index (χ2v) is 6.60. The first-order valence-electron chi connectivity index (χ1n) is 7.75. The molecule has 0 atom stereocenters. The second-order valence-electron chi connectivity index (χ2n) is 5.68. The molecule has 2 N–H and O–H groups in total. The minimum atomic E-state index is -1.13. The van der Waals surface area contributed by atoms with Crippen LogP contribution in [0, 0.1) is 0 Å². The van der Waals surface area contributed by atoms with E-state index in [9.17, 15) is 9.90 Å². The third-order valence-electron chi connectivity index (χ3n) is 4.13. The number of ether oxygens (including phenoxy) is 1. The summed E-state index contributed by atoms with van der Waals surface area (Å²) in [5.41, 5.74) is 3.21. The number of rotatable bonds is 4. The molecule has 9 heteroatoms. The Morgan fingerprint density at radius 2 is 2.19 bits per heavy atom. The van der Waals surface area contributed by atoms with Crippen LogP contribution in [0.15, 0.2) is 33.4 Å². The number of carboxylic acids is 1. The number of hydrogen-bond acceptors (Lipinski definition) is 7. The SMILES string of the molecule is COc1cc(Br)ccc1Nc1ncc2c(n1)-c1noc(C(=O)O)c1CC2. The van der Waals surface area contributed by atoms with E-state index in [-0.39, 0.29) is 5.76 Å². The number of methoxy groups -OCH3 is 1. The van der Waals surface area contributed by atoms with Crippen LogP contribution in [0.5, 0.6) is 5.75 Å². The summed E-state index contributed by atoms with van der Waals surface area (Å²) in [6, 6.07) is 5.55. The van der Waals surface area contributed by atoms with Crippen LogP contribution in [0.2, 0.25) is 0 Å². The smallest absolute Gasteiger partial charge is 0.375 e. The van der Waals surface area contributed by atoms with E-state index in [1.807, 2.05) is 18.2 Å². The number of anilines is 2. The fourth-order valence-corrected chi connectivity index (χ4v) is 3.24. The summed E-state index contributed by atoms with van der Waals surface area (Å²) < 4.78 is 11.2. The minimum absolute atomic E-state index is 0.131. The summed E-state index contributed by atoms with van der Waals surface area (Å²) in [5.74, 6) is -0.268. The molecule has 1 aliphatic rings. The van der Waals surface area contributed by atoms with Crippen molar-refractivity contribution >= 4 is 33.5 Å². The summed E-state index contributed by atoms with van der Waals surface area (Å²) >= 11 is 3.40. The largest absolute Gasteiger partial charge is 0.495 e. The molecule has 132 valence electrons. The summed E-state index contributed by atoms with van der Waals surface area (Å²) in [4.78, 5) is 20.1. The maximum atomic E-state index is 11.3. The van der Waals surface area contributed by atoms with Crippen molar-refractivity contribution in [2.24, 2.45) is 0 Å². The van der Waals surface area contributed by atoms with Gasteiger partial charge in [-0.25, -0.2) is 14.8 Å². The van der Waals surface area contributed by atoms with Crippen LogP contribution in [-0.2, 0) is 12.8 Å². The van der Waals surface area contributed by atoms with Crippen molar-refractivity contribution in [2.45, 2.75) is 12.8 Å². The Kier molecular flexibility index (Phi) is 4.08. The third kappa shape index (κ3) is 2.80. The molecule has 3 aromatic rings. The number of fused-ring (bicyclic) bond motifs is 3. The summed E-state index contributed by atoms with van der Waals surface area (Å²) in [6.45, 7) is 0. The number of hydrogen-bond donors (Lipinski definition) is 2. The first-order valence-corrected chi connectivity index (χ1v) is 8.55. The standard InChI is InChI=1S/C17H13BrN4O4/c1-25-12-6-9(18)3-5-11(12)20-17-19-7-8-2-4-10-14(13(8)21-17)22-26-15(10)16(23)24/h3,5-7H,2,4H2,1H3,(H,23,24)(H,19,20,21). The fraction of sp³-hybridized carbons (Fsp3) is 0.176. The molecule has 2 aromatic heterocycles. The topological polar surface area (TPSA) is 110 Å². The van der Waals surface area contributed by atoms with Gasteiger partial charge in [0.2, 0.25) is 11.7 Å². The van der Waals surface area contributed by atoms with E-state index in [0.29, 0.717) is 47.2 Å². The average molecular weight is 417 g/mol. The maximum Gasteiger partial charge on any atom is 0.375 e. The lowest BCUT2D eigenvalue weighted by molar-refractivity contribution is 0.0650. The van der Waals surface area contributed by atoms with Crippen molar-refractivity contribution in [1.82, 2.24) is 15.1 Å². The van der Waals surface area contributed by atoms with E-state index in [2.05, 4.69) is 36.4 Å². The van der Waals surface area contributed by atoms with Crippen LogP contribution >= 0.6 is 15.9 Å². The van der Waals surface area contributed by atoms with E-state index in [0.717, 1.165) is 10.0 Å². The van der Waals surface area contributed by atoms with Gasteiger partial charge in [-0.3, -0.25) is 0 Å². The van der Waals surface area contributed by atoms with Crippen LogP contribution in [0.4, 0.5) is 11.6 Å². The van der Waals surface area contributed by atoms with Crippen LogP contribution < -0.4 is 10.1 Å². The Morgan fingerprint density at radius 3 is 2.96 bits per heavy atom. The number of benzene rings is 1. The molecule has 0 spiro atoms. The summed E-state index contributed by atoms with van der Waals surface area (Å²) in [7, 11) is 1.58. The molecule has 4 rings (SSSR count). The molecule has 26 heavy (non-hydrogen) atoms. The molecule has 8 nitrogen and oxygen atoms in total. The maximum absolute atomic E-state index is 11.3. The quantitative estimate of drug-likeness (QED) is 0.665. The average Bonchev–Trinajstić information content (AvgIpc) is 3.08. The lowest BCUT2D eigenvalue weighted by Gasteiger charge is -2.15. The molecule has 0 aliphatic heterocycles. The number of aromatic carboxylic acids is 1. The number of carboxylic acid groups (broad SMARTS) is 1. The van der Waals surface area contributed by atoms with Crippen LogP contribution in [0.3, 0.4) is 0 Å². The van der Waals surface area contributed by atoms with Gasteiger partial charge in [0.25, 0.3) is 0 Å². The van der Waals surface area contributed by atoms with Gasteiger partial charge in [0.1, 0.15) is 17.1 Å². The zero-order chi connectivity index (χ0) is 18.3. The summed E-state index contributed by atoms with van der Waals surface area (Å²) in [6.07, 6.45) is 2.88. The zero-order valence-corrected chi connectivity index (χ0v) is 15.2. The lowest BCUT2D eigenvalue weighted by Crippen LogP contribution is -2.10. The normalized spacial score (nSPS) is 12.2. The van der Waals surface area contributed by atoms with Gasteiger partial charge in [0.15, 0.2) is 0 Å². The van der Waals surface area contributed by atoms with Gasteiger partial charge >= 0.3 is 5.97 Å². The highest BCUT2D eigenvalue weighted by Gasteiger charge is 2.29. The van der Waals surface area contributed by atoms with Gasteiger partial charge in [-0.2, -0.15) is 0 Å². The molecule has 0 saturated heterocycles. The lowest BCUT2D eigenvalue weighted by atomic mass is 9.94. The molecule has 0 amide bonds. The van der Waals surface area contributed by atoms with Crippen molar-refractivity contribution in [1.29, 1.82) is 0 Å². The van der Waals surface area contributed by atoms with Crippen molar-refractivity contribution < 1.29 is 19.2 Å². The van der Waals surface area contributed by atoms with Crippen LogP contribution in [-0.4, -0.2) is 33.3 Å². The summed E-state index contributed by atoms with van der Waals surface area (Å²) in [5, 5.41) is 16.2. The van der Waals surface area contributed by atoms with Crippen molar-refractivity contribution in [3.05, 3.63) is 45.8 Å². The minimum Gasteiger partial charge on any atom is -0.495 e. The van der Waals surface area contributed by atoms with Crippen LogP contribution in [0.25, 0.3) is 11.4 Å². The Labute approximate surface area is 156 Å². The molecule has 0 saturated carbocycles. The molecule has 1 aromatic carbocycles. The highest BCUT2D eigenvalue weighted by atomic mass is 79.9. The highest BCUT2D eigenvalue weighted by molar-refractivity contribution is 9.10. The second kappa shape index (κ2) is 6.41. The van der Waals surface area contributed by atoms with E-state index in [4.69, 9.17) is 9.26 Å². The number of nitrogens with one attached hydrogen (secondary N) is 1. The zero-order valence-electron chi connectivity index (χ0n) is 13.6. The predicted molar refractivity (Wildman–Crippen MR) is 95.9 cm³/mol. The van der Waals surface area contributed by atoms with Gasteiger partial charge in [-0.05, 0) is 36.6 Å². The molecule has 1 aliphatic carbocycles. The van der Waals surface area contributed by atoms with Gasteiger partial charge < -0.3 is 19.7 Å². The monoisotopic (exact) mass is 416 g/mol. The van der Waals surface area contributed by atoms with Gasteiger partial charge in [0.05, 0.1) is 12.8 Å². The first kappa shape index (κ1) is 16.5. The number of aryl methyl sites for hydroxylation is 1. The van der Waals surface area contributed by atoms with Crippen molar-refractivity contribution in [3.63, 3.8) is 0 Å². The fourth-order valence-electron chi connectivity index (χ4n) is 2.90. The van der Waals surface area contributed by atoms with Gasteiger partial charge in [-0.15, -0.1) is 0 Å². The van der Waals surface area contributed by atoms with E-state index in [1.165, 1.54) is 0 Å². The number of carbonyl (C=O) groups is 1.